The number of ether oxygens (including phenoxy) is 1. The second kappa shape index (κ2) is 8.69. The minimum atomic E-state index is -0.441. The molecule has 0 saturated heterocycles. The molecule has 1 aliphatic rings. The number of fused-ring (bicyclic) bond motifs is 1. The number of ketones is 1. The predicted molar refractivity (Wildman–Crippen MR) is 128 cm³/mol. The van der Waals surface area contributed by atoms with E-state index in [-0.39, 0.29) is 5.78 Å². The van der Waals surface area contributed by atoms with Crippen LogP contribution in [0.3, 0.4) is 0 Å². The van der Waals surface area contributed by atoms with Crippen LogP contribution in [0.5, 0.6) is 5.75 Å². The van der Waals surface area contributed by atoms with Gasteiger partial charge in [0.15, 0.2) is 0 Å². The lowest BCUT2D eigenvalue weighted by Gasteiger charge is -2.09. The first-order valence-electron chi connectivity index (χ1n) is 10.2. The Morgan fingerprint density at radius 1 is 0.719 bits per heavy atom. The minimum Gasteiger partial charge on any atom is -0.422 e. The maximum atomic E-state index is 12.8. The van der Waals surface area contributed by atoms with Crippen LogP contribution in [0.1, 0.15) is 26.3 Å². The molecule has 0 unspecified atom stereocenters. The van der Waals surface area contributed by atoms with E-state index in [0.29, 0.717) is 27.3 Å². The molecule has 4 aromatic carbocycles. The summed E-state index contributed by atoms with van der Waals surface area (Å²) in [6.45, 7) is 0. The van der Waals surface area contributed by atoms with Gasteiger partial charge in [0.1, 0.15) is 5.75 Å². The maximum Gasteiger partial charge on any atom is 0.343 e. The van der Waals surface area contributed by atoms with Gasteiger partial charge in [0, 0.05) is 16.0 Å². The second-order valence-corrected chi connectivity index (χ2v) is 8.39. The molecular weight excluding hydrogens is 416 g/mol. The topological polar surface area (TPSA) is 43.4 Å². The first-order chi connectivity index (χ1) is 15.7. The van der Waals surface area contributed by atoms with Crippen molar-refractivity contribution in [2.24, 2.45) is 0 Å². The molecule has 0 bridgehead atoms. The van der Waals surface area contributed by atoms with Crippen LogP contribution in [-0.4, -0.2) is 11.8 Å². The quantitative estimate of drug-likeness (QED) is 0.199. The third-order valence-electron chi connectivity index (χ3n) is 5.21. The molecule has 0 N–H and O–H groups in total. The monoisotopic (exact) mass is 434 g/mol. The van der Waals surface area contributed by atoms with Crippen molar-refractivity contribution in [3.63, 3.8) is 0 Å². The number of esters is 1. The lowest BCUT2D eigenvalue weighted by molar-refractivity contribution is 0.0734. The van der Waals surface area contributed by atoms with Gasteiger partial charge in [0.2, 0.25) is 5.78 Å². The highest BCUT2D eigenvalue weighted by Crippen LogP contribution is 2.41. The van der Waals surface area contributed by atoms with Gasteiger partial charge in [0.05, 0.1) is 10.5 Å². The first-order valence-corrected chi connectivity index (χ1v) is 11.0. The molecule has 0 amide bonds. The van der Waals surface area contributed by atoms with Gasteiger partial charge >= 0.3 is 5.97 Å². The van der Waals surface area contributed by atoms with Gasteiger partial charge in [-0.3, -0.25) is 4.79 Å². The molecule has 0 atom stereocenters. The number of thioether (sulfide) groups is 1. The van der Waals surface area contributed by atoms with Gasteiger partial charge < -0.3 is 4.74 Å². The van der Waals surface area contributed by atoms with E-state index in [1.165, 1.54) is 11.8 Å². The average Bonchev–Trinajstić information content (AvgIpc) is 3.16. The molecule has 1 aliphatic heterocycles. The zero-order valence-corrected chi connectivity index (χ0v) is 17.8. The molecule has 4 heteroatoms. The predicted octanol–water partition coefficient (Wildman–Crippen LogP) is 6.90. The Bertz CT molecular complexity index is 1340. The van der Waals surface area contributed by atoms with Crippen LogP contribution in [0.4, 0.5) is 0 Å². The number of hydrogen-bond acceptors (Lipinski definition) is 4. The van der Waals surface area contributed by atoms with E-state index in [1.807, 2.05) is 84.9 Å². The molecule has 0 radical (unpaired) electrons. The summed E-state index contributed by atoms with van der Waals surface area (Å²) in [5, 5.41) is 0. The first kappa shape index (κ1) is 20.0. The van der Waals surface area contributed by atoms with Gasteiger partial charge in [0.25, 0.3) is 0 Å². The van der Waals surface area contributed by atoms with E-state index in [4.69, 9.17) is 4.74 Å². The Balaban J connectivity index is 1.37. The summed E-state index contributed by atoms with van der Waals surface area (Å²) >= 11 is 1.43. The zero-order chi connectivity index (χ0) is 21.9. The van der Waals surface area contributed by atoms with Crippen LogP contribution in [0, 0.1) is 0 Å². The molecule has 5 rings (SSSR count). The summed E-state index contributed by atoms with van der Waals surface area (Å²) in [5.41, 5.74) is 3.97. The molecule has 0 aliphatic carbocycles. The summed E-state index contributed by atoms with van der Waals surface area (Å²) in [5.74, 6) is -0.0335. The SMILES string of the molecule is O=C(Oc1ccccc1/C=C1/Sc2ccccc2C1=O)c1ccc(-c2ccccc2)cc1. The molecule has 32 heavy (non-hydrogen) atoms. The number of carbonyl (C=O) groups excluding carboxylic acids is 2. The Morgan fingerprint density at radius 2 is 1.38 bits per heavy atom. The van der Waals surface area contributed by atoms with E-state index < -0.39 is 5.97 Å². The largest absolute Gasteiger partial charge is 0.422 e. The van der Waals surface area contributed by atoms with Crippen LogP contribution >= 0.6 is 11.8 Å². The summed E-state index contributed by atoms with van der Waals surface area (Å²) < 4.78 is 5.70. The van der Waals surface area contributed by atoms with Gasteiger partial charge in [-0.1, -0.05) is 84.6 Å². The van der Waals surface area contributed by atoms with Crippen molar-refractivity contribution in [1.82, 2.24) is 0 Å². The molecular formula is C28H18O3S. The molecule has 0 aromatic heterocycles. The number of allylic oxidation sites excluding steroid dienone is 1. The van der Waals surface area contributed by atoms with Crippen molar-refractivity contribution in [1.29, 1.82) is 0 Å². The molecule has 0 fully saturated rings. The van der Waals surface area contributed by atoms with Gasteiger partial charge in [-0.25, -0.2) is 4.79 Å². The van der Waals surface area contributed by atoms with Crippen molar-refractivity contribution in [2.75, 3.05) is 0 Å². The zero-order valence-electron chi connectivity index (χ0n) is 17.0. The fourth-order valence-corrected chi connectivity index (χ4v) is 4.60. The van der Waals surface area contributed by atoms with Crippen molar-refractivity contribution < 1.29 is 14.3 Å². The molecule has 0 spiro atoms. The van der Waals surface area contributed by atoms with Gasteiger partial charge in [-0.2, -0.15) is 0 Å². The lowest BCUT2D eigenvalue weighted by Crippen LogP contribution is -2.09. The third-order valence-corrected chi connectivity index (χ3v) is 6.31. The maximum absolute atomic E-state index is 12.8. The molecule has 0 saturated carbocycles. The lowest BCUT2D eigenvalue weighted by atomic mass is 10.0. The van der Waals surface area contributed by atoms with Crippen LogP contribution in [0.2, 0.25) is 0 Å². The number of Topliss-reactive ketones (excluding diaryl/α,β-unsaturated/α-hetero) is 1. The Morgan fingerprint density at radius 3 is 2.16 bits per heavy atom. The Hall–Kier alpha value is -3.89. The van der Waals surface area contributed by atoms with E-state index in [2.05, 4.69) is 0 Å². The van der Waals surface area contributed by atoms with E-state index >= 15 is 0 Å². The summed E-state index contributed by atoms with van der Waals surface area (Å²) in [6.07, 6.45) is 1.79. The minimum absolute atomic E-state index is 0.0109. The summed E-state index contributed by atoms with van der Waals surface area (Å²) in [4.78, 5) is 27.0. The standard InChI is InChI=1S/C28H18O3S/c29-27-23-11-5-7-13-25(23)32-26(27)18-22-10-4-6-12-24(22)31-28(30)21-16-14-20(15-17-21)19-8-2-1-3-9-19/h1-18H/b26-18+. The van der Waals surface area contributed by atoms with E-state index in [0.717, 1.165) is 16.0 Å². The van der Waals surface area contributed by atoms with Crippen molar-refractivity contribution >= 4 is 29.6 Å². The van der Waals surface area contributed by atoms with Crippen molar-refractivity contribution in [2.45, 2.75) is 4.90 Å². The Kier molecular flexibility index (Phi) is 5.44. The smallest absolute Gasteiger partial charge is 0.343 e. The van der Waals surface area contributed by atoms with Crippen LogP contribution in [-0.2, 0) is 0 Å². The number of para-hydroxylation sites is 1. The summed E-state index contributed by atoms with van der Waals surface area (Å²) in [6, 6.07) is 32.1. The number of benzene rings is 4. The van der Waals surface area contributed by atoms with Crippen molar-refractivity contribution in [3.8, 4) is 16.9 Å². The van der Waals surface area contributed by atoms with Gasteiger partial charge in [-0.15, -0.1) is 0 Å². The van der Waals surface area contributed by atoms with Gasteiger partial charge in [-0.05, 0) is 47.5 Å². The molecule has 154 valence electrons. The molecule has 1 heterocycles. The average molecular weight is 435 g/mol. The Labute approximate surface area is 190 Å². The number of carbonyl (C=O) groups is 2. The van der Waals surface area contributed by atoms with Crippen LogP contribution in [0.15, 0.2) is 113 Å². The number of hydrogen-bond donors (Lipinski definition) is 0. The fourth-order valence-electron chi connectivity index (χ4n) is 3.56. The third kappa shape index (κ3) is 4.01. The van der Waals surface area contributed by atoms with E-state index in [9.17, 15) is 9.59 Å². The molecule has 3 nitrogen and oxygen atoms in total. The molecule has 4 aromatic rings. The van der Waals surface area contributed by atoms with Crippen LogP contribution < -0.4 is 4.74 Å². The summed E-state index contributed by atoms with van der Waals surface area (Å²) in [7, 11) is 0. The second-order valence-electron chi connectivity index (χ2n) is 7.31. The van der Waals surface area contributed by atoms with Crippen LogP contribution in [0.25, 0.3) is 17.2 Å². The normalized spacial score (nSPS) is 13.8. The van der Waals surface area contributed by atoms with Crippen molar-refractivity contribution in [3.05, 3.63) is 125 Å². The fraction of sp³-hybridized carbons (Fsp3) is 0. The highest BCUT2D eigenvalue weighted by Gasteiger charge is 2.25. The van der Waals surface area contributed by atoms with E-state index in [1.54, 1.807) is 24.3 Å². The highest BCUT2D eigenvalue weighted by atomic mass is 32.2. The number of rotatable bonds is 4. The highest BCUT2D eigenvalue weighted by molar-refractivity contribution is 8.04.